The molecule has 47 heavy (non-hydrogen) atoms. The van der Waals surface area contributed by atoms with Crippen LogP contribution in [0.2, 0.25) is 0 Å². The van der Waals surface area contributed by atoms with Gasteiger partial charge in [0, 0.05) is 33.5 Å². The molecule has 8 bridgehead atoms. The van der Waals surface area contributed by atoms with Gasteiger partial charge in [0.25, 0.3) is 0 Å². The molecule has 4 aromatic rings. The van der Waals surface area contributed by atoms with Crippen LogP contribution >= 0.6 is 0 Å². The number of aryl methyl sites for hydroxylation is 2. The molecule has 1 aromatic heterocycles. The third kappa shape index (κ3) is 4.28. The van der Waals surface area contributed by atoms with Gasteiger partial charge in [0.2, 0.25) is 0 Å². The lowest BCUT2D eigenvalue weighted by Crippen LogP contribution is -2.51. The van der Waals surface area contributed by atoms with Crippen molar-refractivity contribution < 1.29 is 0 Å². The van der Waals surface area contributed by atoms with E-state index in [1.807, 2.05) is 0 Å². The Morgan fingerprint density at radius 2 is 0.872 bits per heavy atom. The zero-order valence-electron chi connectivity index (χ0n) is 27.6. The number of anilines is 3. The first-order valence-corrected chi connectivity index (χ1v) is 18.9. The van der Waals surface area contributed by atoms with Crippen molar-refractivity contribution >= 4 is 17.1 Å². The number of nitrogens with zero attached hydrogens (tertiary/aromatic N) is 4. The van der Waals surface area contributed by atoms with Crippen molar-refractivity contribution in [2.24, 2.45) is 35.5 Å². The topological polar surface area (TPSA) is 41.9 Å². The van der Waals surface area contributed by atoms with Crippen molar-refractivity contribution in [3.05, 3.63) is 95.6 Å². The summed E-state index contributed by atoms with van der Waals surface area (Å²) in [5.41, 5.74) is 8.08. The summed E-state index contributed by atoms with van der Waals surface area (Å²) in [5, 5.41) is 0. The van der Waals surface area contributed by atoms with Crippen LogP contribution in [0.25, 0.3) is 11.4 Å². The molecule has 4 nitrogen and oxygen atoms in total. The summed E-state index contributed by atoms with van der Waals surface area (Å²) in [7, 11) is 0. The molecule has 0 atom stereocenters. The third-order valence-electron chi connectivity index (χ3n) is 14.2. The molecule has 1 aliphatic heterocycles. The molecule has 13 rings (SSSR count). The Hall–Kier alpha value is -3.53. The number of rotatable bonds is 4. The molecule has 0 saturated heterocycles. The molecule has 0 N–H and O–H groups in total. The van der Waals surface area contributed by atoms with E-state index in [4.69, 9.17) is 15.0 Å². The fourth-order valence-corrected chi connectivity index (χ4v) is 13.1. The maximum atomic E-state index is 5.66. The Kier molecular flexibility index (Phi) is 5.83. The minimum absolute atomic E-state index is 0.170. The monoisotopic (exact) mass is 618 g/mol. The molecule has 3 aromatic carbocycles. The van der Waals surface area contributed by atoms with E-state index in [2.05, 4.69) is 77.7 Å². The van der Waals surface area contributed by atoms with Crippen LogP contribution in [0.4, 0.5) is 17.1 Å². The summed E-state index contributed by atoms with van der Waals surface area (Å²) in [5.74, 6) is 8.54. The maximum Gasteiger partial charge on any atom is 0.163 e. The number of benzene rings is 3. The van der Waals surface area contributed by atoms with Gasteiger partial charge < -0.3 is 4.90 Å². The predicted molar refractivity (Wildman–Crippen MR) is 187 cm³/mol. The number of fused-ring (bicyclic) bond motifs is 2. The number of hydrogen-bond donors (Lipinski definition) is 0. The molecule has 0 amide bonds. The number of aromatic nitrogens is 3. The van der Waals surface area contributed by atoms with Gasteiger partial charge in [-0.05, 0) is 173 Å². The zero-order valence-corrected chi connectivity index (χ0v) is 27.6. The predicted octanol–water partition coefficient (Wildman–Crippen LogP) is 10.0. The van der Waals surface area contributed by atoms with Crippen molar-refractivity contribution in [1.82, 2.24) is 15.0 Å². The molecule has 8 aliphatic carbocycles. The average Bonchev–Trinajstić information content (AvgIpc) is 3.24. The van der Waals surface area contributed by atoms with E-state index in [0.29, 0.717) is 0 Å². The SMILES string of the molecule is c1ccc2c(c1)CCc1ccccc1N2c1ccc(-c2nc(C34CC5CC(CC(C5)C3)C4)nc(C34CC5CC(CC(C5)C3)C4)n2)cc1. The molecule has 8 fully saturated rings. The quantitative estimate of drug-likeness (QED) is 0.228. The standard InChI is InChI=1S/C43H46N4/c1-3-7-37-33(5-1)9-10-34-6-2-4-8-38(34)47(37)36-13-11-35(12-14-36)39-44-40(42-21-27-15-28(22-42)17-29(16-27)23-42)46-41(45-39)43-24-30-18-31(25-43)20-32(19-30)26-43/h1-8,11-14,27-32H,9-10,15-26H2. The lowest BCUT2D eigenvalue weighted by molar-refractivity contribution is -0.0155. The molecular formula is C43H46N4. The molecule has 0 radical (unpaired) electrons. The van der Waals surface area contributed by atoms with E-state index in [-0.39, 0.29) is 10.8 Å². The van der Waals surface area contributed by atoms with E-state index >= 15 is 0 Å². The second-order valence-corrected chi connectivity index (χ2v) is 17.3. The molecule has 2 heterocycles. The fourth-order valence-electron chi connectivity index (χ4n) is 13.1. The Balaban J connectivity index is 1.03. The smallest absolute Gasteiger partial charge is 0.163 e. The highest BCUT2D eigenvalue weighted by molar-refractivity contribution is 5.82. The summed E-state index contributed by atoms with van der Waals surface area (Å²) in [4.78, 5) is 19.2. The molecule has 0 spiro atoms. The first-order valence-electron chi connectivity index (χ1n) is 18.9. The fraction of sp³-hybridized carbons (Fsp3) is 0.512. The highest BCUT2D eigenvalue weighted by Gasteiger charge is 2.56. The number of para-hydroxylation sites is 2. The molecule has 4 heteroatoms. The van der Waals surface area contributed by atoms with Crippen molar-refractivity contribution in [2.45, 2.75) is 101 Å². The first kappa shape index (κ1) is 27.4. The summed E-state index contributed by atoms with van der Waals surface area (Å²) in [6.07, 6.45) is 18.6. The van der Waals surface area contributed by atoms with Crippen LogP contribution < -0.4 is 4.90 Å². The minimum Gasteiger partial charge on any atom is -0.310 e. The summed E-state index contributed by atoms with van der Waals surface area (Å²) in [6, 6.07) is 27.1. The van der Waals surface area contributed by atoms with E-state index in [1.165, 1.54) is 117 Å². The maximum absolute atomic E-state index is 5.66. The van der Waals surface area contributed by atoms with Gasteiger partial charge in [-0.25, -0.2) is 15.0 Å². The summed E-state index contributed by atoms with van der Waals surface area (Å²) in [6.45, 7) is 0. The second kappa shape index (κ2) is 10.00. The normalized spacial score (nSPS) is 35.9. The van der Waals surface area contributed by atoms with E-state index in [0.717, 1.165) is 59.7 Å². The molecular weight excluding hydrogens is 573 g/mol. The average molecular weight is 619 g/mol. The van der Waals surface area contributed by atoms with Crippen molar-refractivity contribution in [1.29, 1.82) is 0 Å². The van der Waals surface area contributed by atoms with Crippen LogP contribution in [0.5, 0.6) is 0 Å². The van der Waals surface area contributed by atoms with Crippen LogP contribution in [0, 0.1) is 35.5 Å². The third-order valence-corrected chi connectivity index (χ3v) is 14.2. The molecule has 9 aliphatic rings. The van der Waals surface area contributed by atoms with E-state index < -0.39 is 0 Å². The first-order chi connectivity index (χ1) is 23.1. The van der Waals surface area contributed by atoms with Crippen LogP contribution in [-0.2, 0) is 23.7 Å². The summed E-state index contributed by atoms with van der Waals surface area (Å²) < 4.78 is 0. The van der Waals surface area contributed by atoms with E-state index in [1.54, 1.807) is 0 Å². The van der Waals surface area contributed by atoms with Gasteiger partial charge in [0.05, 0.1) is 0 Å². The molecule has 8 saturated carbocycles. The summed E-state index contributed by atoms with van der Waals surface area (Å²) >= 11 is 0. The van der Waals surface area contributed by atoms with Crippen LogP contribution in [0.1, 0.15) is 99.8 Å². The lowest BCUT2D eigenvalue weighted by Gasteiger charge is -2.57. The molecule has 0 unspecified atom stereocenters. The minimum atomic E-state index is 0.170. The van der Waals surface area contributed by atoms with Gasteiger partial charge >= 0.3 is 0 Å². The van der Waals surface area contributed by atoms with Crippen molar-refractivity contribution in [2.75, 3.05) is 4.90 Å². The van der Waals surface area contributed by atoms with Crippen molar-refractivity contribution in [3.63, 3.8) is 0 Å². The Morgan fingerprint density at radius 3 is 1.30 bits per heavy atom. The van der Waals surface area contributed by atoms with Gasteiger partial charge in [-0.15, -0.1) is 0 Å². The Labute approximate surface area is 279 Å². The largest absolute Gasteiger partial charge is 0.310 e. The second-order valence-electron chi connectivity index (χ2n) is 17.3. The van der Waals surface area contributed by atoms with Crippen molar-refractivity contribution in [3.8, 4) is 11.4 Å². The van der Waals surface area contributed by atoms with Gasteiger partial charge in [0.15, 0.2) is 5.82 Å². The van der Waals surface area contributed by atoms with Crippen LogP contribution in [0.15, 0.2) is 72.8 Å². The Bertz CT molecular complexity index is 1690. The van der Waals surface area contributed by atoms with Crippen LogP contribution in [-0.4, -0.2) is 15.0 Å². The Morgan fingerprint density at radius 1 is 0.468 bits per heavy atom. The highest BCUT2D eigenvalue weighted by Crippen LogP contribution is 2.62. The van der Waals surface area contributed by atoms with Gasteiger partial charge in [-0.3, -0.25) is 0 Å². The molecule has 238 valence electrons. The van der Waals surface area contributed by atoms with Gasteiger partial charge in [-0.1, -0.05) is 36.4 Å². The van der Waals surface area contributed by atoms with Gasteiger partial charge in [0.1, 0.15) is 11.6 Å². The van der Waals surface area contributed by atoms with E-state index in [9.17, 15) is 0 Å². The lowest BCUT2D eigenvalue weighted by atomic mass is 9.49. The number of hydrogen-bond acceptors (Lipinski definition) is 4. The van der Waals surface area contributed by atoms with Gasteiger partial charge in [-0.2, -0.15) is 0 Å². The van der Waals surface area contributed by atoms with Crippen LogP contribution in [0.3, 0.4) is 0 Å². The zero-order chi connectivity index (χ0) is 30.7. The highest BCUT2D eigenvalue weighted by atomic mass is 15.1.